The number of Topliss-reactive ketones (excluding diaryl/α,β-unsaturated/α-hetero) is 1. The van der Waals surface area contributed by atoms with Crippen molar-refractivity contribution in [2.45, 2.75) is 33.4 Å². The summed E-state index contributed by atoms with van der Waals surface area (Å²) in [4.78, 5) is 15.5. The van der Waals surface area contributed by atoms with Crippen molar-refractivity contribution in [1.82, 2.24) is 4.90 Å². The van der Waals surface area contributed by atoms with E-state index < -0.39 is 0 Å². The Morgan fingerprint density at radius 3 is 2.75 bits per heavy atom. The molecule has 0 aromatic heterocycles. The van der Waals surface area contributed by atoms with Crippen LogP contribution in [0.5, 0.6) is 17.2 Å². The Labute approximate surface area is 195 Å². The van der Waals surface area contributed by atoms with Crippen LogP contribution >= 0.6 is 15.9 Å². The molecule has 6 nitrogen and oxygen atoms in total. The first-order valence-corrected chi connectivity index (χ1v) is 11.7. The quantitative estimate of drug-likeness (QED) is 0.591. The van der Waals surface area contributed by atoms with Crippen LogP contribution in [0.3, 0.4) is 0 Å². The molecule has 1 fully saturated rings. The topological polar surface area (TPSA) is 68.2 Å². The van der Waals surface area contributed by atoms with Gasteiger partial charge in [0.2, 0.25) is 5.78 Å². The summed E-state index contributed by atoms with van der Waals surface area (Å²) < 4.78 is 18.0. The number of allylic oxidation sites excluding steroid dienone is 1. The molecule has 32 heavy (non-hydrogen) atoms. The Morgan fingerprint density at radius 2 is 1.97 bits per heavy atom. The first-order valence-electron chi connectivity index (χ1n) is 10.9. The van der Waals surface area contributed by atoms with E-state index in [1.54, 1.807) is 18.2 Å². The van der Waals surface area contributed by atoms with E-state index in [0.717, 1.165) is 28.7 Å². The number of rotatable bonds is 3. The summed E-state index contributed by atoms with van der Waals surface area (Å²) in [6, 6.07) is 7.07. The van der Waals surface area contributed by atoms with E-state index in [4.69, 9.17) is 14.2 Å². The Kier molecular flexibility index (Phi) is 5.73. The van der Waals surface area contributed by atoms with Gasteiger partial charge in [0, 0.05) is 35.2 Å². The predicted octanol–water partition coefficient (Wildman–Crippen LogP) is 5.12. The molecule has 5 rings (SSSR count). The largest absolute Gasteiger partial charge is 0.507 e. The van der Waals surface area contributed by atoms with Crippen LogP contribution < -0.4 is 9.47 Å². The number of benzene rings is 2. The number of ether oxygens (including phenoxy) is 3. The van der Waals surface area contributed by atoms with E-state index in [2.05, 4.69) is 34.7 Å². The van der Waals surface area contributed by atoms with Gasteiger partial charge >= 0.3 is 0 Å². The van der Waals surface area contributed by atoms with Crippen molar-refractivity contribution in [1.29, 1.82) is 0 Å². The first-order chi connectivity index (χ1) is 15.4. The zero-order valence-electron chi connectivity index (χ0n) is 18.2. The van der Waals surface area contributed by atoms with Gasteiger partial charge in [-0.25, -0.2) is 0 Å². The molecule has 0 spiro atoms. The summed E-state index contributed by atoms with van der Waals surface area (Å²) in [5, 5.41) is 10.6. The van der Waals surface area contributed by atoms with E-state index >= 15 is 0 Å². The number of carbonyl (C=O) groups is 1. The molecule has 0 radical (unpaired) electrons. The number of phenols is 1. The van der Waals surface area contributed by atoms with E-state index in [-0.39, 0.29) is 24.1 Å². The molecule has 1 saturated heterocycles. The van der Waals surface area contributed by atoms with Gasteiger partial charge in [-0.3, -0.25) is 9.69 Å². The number of fused-ring (bicyclic) bond motifs is 2. The lowest BCUT2D eigenvalue weighted by Gasteiger charge is -2.35. The summed E-state index contributed by atoms with van der Waals surface area (Å²) in [5.41, 5.74) is 2.81. The number of piperidine rings is 1. The van der Waals surface area contributed by atoms with Crippen molar-refractivity contribution in [2.75, 3.05) is 19.9 Å². The highest BCUT2D eigenvalue weighted by molar-refractivity contribution is 9.10. The zero-order chi connectivity index (χ0) is 22.4. The second kappa shape index (κ2) is 8.54. The van der Waals surface area contributed by atoms with Crippen molar-refractivity contribution in [3.63, 3.8) is 0 Å². The molecule has 2 atom stereocenters. The maximum Gasteiger partial charge on any atom is 0.231 e. The van der Waals surface area contributed by atoms with Gasteiger partial charge in [-0.2, -0.15) is 0 Å². The highest BCUT2D eigenvalue weighted by Crippen LogP contribution is 2.42. The van der Waals surface area contributed by atoms with Gasteiger partial charge in [0.15, 0.2) is 12.6 Å². The van der Waals surface area contributed by atoms with Gasteiger partial charge in [0.25, 0.3) is 0 Å². The third-order valence-corrected chi connectivity index (χ3v) is 6.69. The molecule has 0 saturated carbocycles. The SMILES string of the molecule is C[C@H]1C[C@H](C)CN(Cc2c(O)ccc3c2O/C(=C\c2cc(Br)cc4c2OCOC4)C3=O)C1. The number of hydrogen-bond acceptors (Lipinski definition) is 6. The first kappa shape index (κ1) is 21.5. The van der Waals surface area contributed by atoms with Crippen LogP contribution in [0, 0.1) is 11.8 Å². The third-order valence-electron chi connectivity index (χ3n) is 6.23. The average Bonchev–Trinajstić information content (AvgIpc) is 3.05. The van der Waals surface area contributed by atoms with Gasteiger partial charge in [-0.1, -0.05) is 29.8 Å². The smallest absolute Gasteiger partial charge is 0.231 e. The third kappa shape index (κ3) is 4.05. The number of carbonyl (C=O) groups excluding carboxylic acids is 1. The maximum atomic E-state index is 13.1. The van der Waals surface area contributed by atoms with Crippen LogP contribution in [0.15, 0.2) is 34.5 Å². The summed E-state index contributed by atoms with van der Waals surface area (Å²) >= 11 is 3.52. The fourth-order valence-electron chi connectivity index (χ4n) is 5.05. The molecule has 0 unspecified atom stereocenters. The normalized spacial score (nSPS) is 24.1. The standard InChI is InChI=1S/C25H26BrNO5/c1-14-5-15(2)10-27(9-14)11-20-21(28)4-3-19-23(29)22(32-25(19)20)8-16-6-18(26)7-17-12-30-13-31-24(16)17/h3-4,6-8,14-15,28H,5,9-13H2,1-2H3/b22-8-/t14-,15-/m0/s1. The molecule has 3 aliphatic heterocycles. The number of ketones is 1. The zero-order valence-corrected chi connectivity index (χ0v) is 19.8. The van der Waals surface area contributed by atoms with Crippen molar-refractivity contribution in [3.8, 4) is 17.2 Å². The second-order valence-electron chi connectivity index (χ2n) is 9.11. The lowest BCUT2D eigenvalue weighted by Crippen LogP contribution is -2.38. The van der Waals surface area contributed by atoms with Gasteiger partial charge < -0.3 is 19.3 Å². The molecule has 168 valence electrons. The molecule has 2 aromatic rings. The fraction of sp³-hybridized carbons (Fsp3) is 0.400. The molecule has 0 aliphatic carbocycles. The lowest BCUT2D eigenvalue weighted by atomic mass is 9.91. The highest BCUT2D eigenvalue weighted by atomic mass is 79.9. The van der Waals surface area contributed by atoms with Crippen LogP contribution in [-0.4, -0.2) is 35.7 Å². The molecule has 0 amide bonds. The highest BCUT2D eigenvalue weighted by Gasteiger charge is 2.33. The Morgan fingerprint density at radius 1 is 1.19 bits per heavy atom. The van der Waals surface area contributed by atoms with Crippen LogP contribution in [0.2, 0.25) is 0 Å². The Hall–Kier alpha value is -2.35. The molecule has 3 aliphatic rings. The minimum atomic E-state index is -0.192. The van der Waals surface area contributed by atoms with Crippen molar-refractivity contribution < 1.29 is 24.1 Å². The van der Waals surface area contributed by atoms with E-state index in [0.29, 0.717) is 47.6 Å². The van der Waals surface area contributed by atoms with E-state index in [1.807, 2.05) is 12.1 Å². The minimum Gasteiger partial charge on any atom is -0.507 e. The van der Waals surface area contributed by atoms with Crippen molar-refractivity contribution in [3.05, 3.63) is 56.8 Å². The van der Waals surface area contributed by atoms with Crippen LogP contribution in [-0.2, 0) is 17.9 Å². The molecule has 1 N–H and O–H groups in total. The van der Waals surface area contributed by atoms with Gasteiger partial charge in [-0.15, -0.1) is 0 Å². The Balaban J connectivity index is 1.48. The Bertz CT molecular complexity index is 1100. The summed E-state index contributed by atoms with van der Waals surface area (Å²) in [7, 11) is 0. The molecule has 7 heteroatoms. The number of aromatic hydroxyl groups is 1. The number of phenolic OH excluding ortho intramolecular Hbond substituents is 1. The van der Waals surface area contributed by atoms with Crippen molar-refractivity contribution >= 4 is 27.8 Å². The van der Waals surface area contributed by atoms with E-state index in [9.17, 15) is 9.90 Å². The molecular formula is C25H26BrNO5. The lowest BCUT2D eigenvalue weighted by molar-refractivity contribution is -0.0165. The molecule has 0 bridgehead atoms. The van der Waals surface area contributed by atoms with Crippen molar-refractivity contribution in [2.24, 2.45) is 11.8 Å². The van der Waals surface area contributed by atoms with Gasteiger partial charge in [0.05, 0.1) is 17.7 Å². The van der Waals surface area contributed by atoms with E-state index in [1.165, 1.54) is 6.42 Å². The number of likely N-dealkylation sites (tertiary alicyclic amines) is 1. The summed E-state index contributed by atoms with van der Waals surface area (Å²) in [6.45, 7) is 7.61. The fourth-order valence-corrected chi connectivity index (χ4v) is 5.57. The number of nitrogens with zero attached hydrogens (tertiary/aromatic N) is 1. The average molecular weight is 500 g/mol. The molecule has 3 heterocycles. The maximum absolute atomic E-state index is 13.1. The van der Waals surface area contributed by atoms with Crippen LogP contribution in [0.25, 0.3) is 6.08 Å². The van der Waals surface area contributed by atoms with Gasteiger partial charge in [-0.05, 0) is 48.6 Å². The number of halogens is 1. The predicted molar refractivity (Wildman–Crippen MR) is 124 cm³/mol. The summed E-state index contributed by atoms with van der Waals surface area (Å²) in [5.74, 6) is 2.54. The van der Waals surface area contributed by atoms with Crippen LogP contribution in [0.1, 0.15) is 47.3 Å². The number of hydrogen-bond donors (Lipinski definition) is 1. The minimum absolute atomic E-state index is 0.156. The molecular weight excluding hydrogens is 474 g/mol. The van der Waals surface area contributed by atoms with Gasteiger partial charge in [0.1, 0.15) is 17.2 Å². The monoisotopic (exact) mass is 499 g/mol. The van der Waals surface area contributed by atoms with Crippen LogP contribution in [0.4, 0.5) is 0 Å². The molecule has 2 aromatic carbocycles. The summed E-state index contributed by atoms with van der Waals surface area (Å²) in [6.07, 6.45) is 2.92. The second-order valence-corrected chi connectivity index (χ2v) is 10.0.